The molecule has 0 spiro atoms. The number of ether oxygens (including phenoxy) is 1. The first kappa shape index (κ1) is 14.5. The van der Waals surface area contributed by atoms with Gasteiger partial charge >= 0.3 is 0 Å². The van der Waals surface area contributed by atoms with Crippen molar-refractivity contribution in [2.24, 2.45) is 12.9 Å². The highest BCUT2D eigenvalue weighted by atomic mass is 16.5. The highest BCUT2D eigenvalue weighted by molar-refractivity contribution is 5.41. The van der Waals surface area contributed by atoms with Gasteiger partial charge in [0.25, 0.3) is 0 Å². The van der Waals surface area contributed by atoms with Gasteiger partial charge < -0.3 is 9.30 Å². The molecule has 0 aliphatic carbocycles. The Balaban J connectivity index is 2.31. The SMILES string of the molecule is COc1c(C)cnc(CC(NN)c2cncn2C)c1C. The van der Waals surface area contributed by atoms with Gasteiger partial charge in [-0.3, -0.25) is 16.3 Å². The molecule has 0 aromatic carbocycles. The molecule has 0 saturated carbocycles. The van der Waals surface area contributed by atoms with Crippen molar-refractivity contribution in [3.05, 3.63) is 41.2 Å². The van der Waals surface area contributed by atoms with Crippen LogP contribution in [0.5, 0.6) is 5.75 Å². The van der Waals surface area contributed by atoms with Crippen molar-refractivity contribution in [2.75, 3.05) is 7.11 Å². The van der Waals surface area contributed by atoms with Gasteiger partial charge in [-0.1, -0.05) is 0 Å². The summed E-state index contributed by atoms with van der Waals surface area (Å²) < 4.78 is 7.39. The summed E-state index contributed by atoms with van der Waals surface area (Å²) in [5, 5.41) is 0. The Morgan fingerprint density at radius 2 is 2.15 bits per heavy atom. The maximum atomic E-state index is 5.68. The van der Waals surface area contributed by atoms with E-state index in [9.17, 15) is 0 Å². The number of hydrazine groups is 1. The molecule has 0 saturated heterocycles. The molecule has 108 valence electrons. The lowest BCUT2D eigenvalue weighted by molar-refractivity contribution is 0.406. The zero-order valence-electron chi connectivity index (χ0n) is 12.3. The van der Waals surface area contributed by atoms with Crippen LogP contribution in [0.15, 0.2) is 18.7 Å². The molecule has 2 aromatic rings. The molecule has 0 radical (unpaired) electrons. The Labute approximate surface area is 119 Å². The molecule has 3 N–H and O–H groups in total. The highest BCUT2D eigenvalue weighted by Crippen LogP contribution is 2.26. The van der Waals surface area contributed by atoms with Gasteiger partial charge in [0, 0.05) is 42.7 Å². The molecular weight excluding hydrogens is 254 g/mol. The zero-order valence-corrected chi connectivity index (χ0v) is 12.3. The Morgan fingerprint density at radius 1 is 1.40 bits per heavy atom. The first-order valence-electron chi connectivity index (χ1n) is 6.49. The fourth-order valence-corrected chi connectivity index (χ4v) is 2.42. The third-order valence-electron chi connectivity index (χ3n) is 3.56. The predicted octanol–water partition coefficient (Wildman–Crippen LogP) is 1.19. The van der Waals surface area contributed by atoms with Crippen LogP contribution in [0.3, 0.4) is 0 Å². The number of hydrogen-bond acceptors (Lipinski definition) is 5. The van der Waals surface area contributed by atoms with Gasteiger partial charge in [0.05, 0.1) is 25.2 Å². The number of imidazole rings is 1. The lowest BCUT2D eigenvalue weighted by atomic mass is 10.0. The normalized spacial score (nSPS) is 12.4. The van der Waals surface area contributed by atoms with Gasteiger partial charge in [-0.2, -0.15) is 0 Å². The van der Waals surface area contributed by atoms with E-state index in [0.29, 0.717) is 6.42 Å². The molecular formula is C14H21N5O. The second kappa shape index (κ2) is 6.02. The van der Waals surface area contributed by atoms with Crippen molar-refractivity contribution in [2.45, 2.75) is 26.3 Å². The summed E-state index contributed by atoms with van der Waals surface area (Å²) in [6.07, 6.45) is 6.08. The number of hydrogen-bond donors (Lipinski definition) is 2. The highest BCUT2D eigenvalue weighted by Gasteiger charge is 2.18. The number of aromatic nitrogens is 3. The third-order valence-corrected chi connectivity index (χ3v) is 3.56. The second-order valence-electron chi connectivity index (χ2n) is 4.90. The first-order chi connectivity index (χ1) is 9.58. The molecule has 6 nitrogen and oxygen atoms in total. The van der Waals surface area contributed by atoms with Gasteiger partial charge in [0.1, 0.15) is 5.75 Å². The van der Waals surface area contributed by atoms with E-state index < -0.39 is 0 Å². The van der Waals surface area contributed by atoms with E-state index in [-0.39, 0.29) is 6.04 Å². The van der Waals surface area contributed by atoms with Crippen molar-refractivity contribution in [1.82, 2.24) is 20.0 Å². The summed E-state index contributed by atoms with van der Waals surface area (Å²) in [5.74, 6) is 6.57. The van der Waals surface area contributed by atoms with Gasteiger partial charge in [-0.25, -0.2) is 4.98 Å². The Hall–Kier alpha value is -1.92. The molecule has 0 aliphatic rings. The van der Waals surface area contributed by atoms with Crippen LogP contribution in [-0.4, -0.2) is 21.6 Å². The monoisotopic (exact) mass is 275 g/mol. The van der Waals surface area contributed by atoms with Crippen LogP contribution < -0.4 is 16.0 Å². The lowest BCUT2D eigenvalue weighted by Gasteiger charge is -2.18. The van der Waals surface area contributed by atoms with Crippen LogP contribution in [0.2, 0.25) is 0 Å². The van der Waals surface area contributed by atoms with Crippen molar-refractivity contribution in [3.8, 4) is 5.75 Å². The number of nitrogens with zero attached hydrogens (tertiary/aromatic N) is 3. The minimum absolute atomic E-state index is 0.0406. The molecule has 20 heavy (non-hydrogen) atoms. The smallest absolute Gasteiger partial charge is 0.128 e. The van der Waals surface area contributed by atoms with Crippen LogP contribution in [0.1, 0.15) is 28.6 Å². The minimum Gasteiger partial charge on any atom is -0.496 e. The van der Waals surface area contributed by atoms with Crippen LogP contribution in [0, 0.1) is 13.8 Å². The molecule has 2 aromatic heterocycles. The Kier molecular flexibility index (Phi) is 4.36. The quantitative estimate of drug-likeness (QED) is 0.633. The summed E-state index contributed by atoms with van der Waals surface area (Å²) in [5.41, 5.74) is 6.91. The fourth-order valence-electron chi connectivity index (χ4n) is 2.42. The number of aryl methyl sites for hydroxylation is 2. The molecule has 0 fully saturated rings. The van der Waals surface area contributed by atoms with E-state index in [2.05, 4.69) is 15.4 Å². The fraction of sp³-hybridized carbons (Fsp3) is 0.429. The van der Waals surface area contributed by atoms with Crippen molar-refractivity contribution in [3.63, 3.8) is 0 Å². The first-order valence-corrected chi connectivity index (χ1v) is 6.49. The zero-order chi connectivity index (χ0) is 14.7. The summed E-state index contributed by atoms with van der Waals surface area (Å²) in [7, 11) is 3.63. The molecule has 1 atom stereocenters. The average molecular weight is 275 g/mol. The van der Waals surface area contributed by atoms with E-state index in [1.54, 1.807) is 13.4 Å². The summed E-state index contributed by atoms with van der Waals surface area (Å²) in [6, 6.07) is -0.0406. The Morgan fingerprint density at radius 3 is 2.70 bits per heavy atom. The standard InChI is InChI=1S/C14H21N5O/c1-9-6-17-11(10(2)14(9)20-4)5-12(18-15)13-7-16-8-19(13)3/h6-8,12,18H,5,15H2,1-4H3. The van der Waals surface area contributed by atoms with Gasteiger partial charge in [0.2, 0.25) is 0 Å². The summed E-state index contributed by atoms with van der Waals surface area (Å²) >= 11 is 0. The molecule has 6 heteroatoms. The number of nitrogens with two attached hydrogens (primary N) is 1. The van der Waals surface area contributed by atoms with E-state index in [0.717, 1.165) is 28.3 Å². The van der Waals surface area contributed by atoms with E-state index in [1.807, 2.05) is 37.9 Å². The van der Waals surface area contributed by atoms with Crippen LogP contribution in [-0.2, 0) is 13.5 Å². The Bertz CT molecular complexity index is 593. The topological polar surface area (TPSA) is 78.0 Å². The lowest BCUT2D eigenvalue weighted by Crippen LogP contribution is -2.31. The van der Waals surface area contributed by atoms with Gasteiger partial charge in [0.15, 0.2) is 0 Å². The predicted molar refractivity (Wildman–Crippen MR) is 77.2 cm³/mol. The van der Waals surface area contributed by atoms with E-state index in [1.165, 1.54) is 0 Å². The maximum absolute atomic E-state index is 5.68. The summed E-state index contributed by atoms with van der Waals surface area (Å²) in [6.45, 7) is 4.01. The number of pyridine rings is 1. The number of nitrogens with one attached hydrogen (secondary N) is 1. The number of methoxy groups -OCH3 is 1. The van der Waals surface area contributed by atoms with Gasteiger partial charge in [-0.15, -0.1) is 0 Å². The molecule has 2 rings (SSSR count). The average Bonchev–Trinajstić information content (AvgIpc) is 2.85. The van der Waals surface area contributed by atoms with Crippen molar-refractivity contribution < 1.29 is 4.74 Å². The molecule has 2 heterocycles. The molecule has 0 bridgehead atoms. The molecule has 0 amide bonds. The third kappa shape index (κ3) is 2.66. The minimum atomic E-state index is -0.0406. The summed E-state index contributed by atoms with van der Waals surface area (Å²) in [4.78, 5) is 8.63. The largest absolute Gasteiger partial charge is 0.496 e. The van der Waals surface area contributed by atoms with E-state index in [4.69, 9.17) is 10.6 Å². The van der Waals surface area contributed by atoms with Crippen LogP contribution in [0.4, 0.5) is 0 Å². The van der Waals surface area contributed by atoms with Crippen molar-refractivity contribution >= 4 is 0 Å². The maximum Gasteiger partial charge on any atom is 0.128 e. The van der Waals surface area contributed by atoms with Gasteiger partial charge in [-0.05, 0) is 13.8 Å². The number of rotatable bonds is 5. The van der Waals surface area contributed by atoms with Crippen LogP contribution in [0.25, 0.3) is 0 Å². The van der Waals surface area contributed by atoms with Crippen LogP contribution >= 0.6 is 0 Å². The van der Waals surface area contributed by atoms with E-state index >= 15 is 0 Å². The second-order valence-corrected chi connectivity index (χ2v) is 4.90. The molecule has 0 aliphatic heterocycles. The molecule has 1 unspecified atom stereocenters. The van der Waals surface area contributed by atoms with Crippen molar-refractivity contribution in [1.29, 1.82) is 0 Å².